The maximum Gasteiger partial charge on any atom is 0.323 e. The van der Waals surface area contributed by atoms with Gasteiger partial charge in [0, 0.05) is 19.7 Å². The number of thiazole rings is 1. The molecule has 2 N–H and O–H groups in total. The van der Waals surface area contributed by atoms with Gasteiger partial charge in [-0.15, -0.1) is 0 Å². The Morgan fingerprint density at radius 2 is 2.33 bits per heavy atom. The average molecular weight is 350 g/mol. The van der Waals surface area contributed by atoms with E-state index in [9.17, 15) is 14.3 Å². The van der Waals surface area contributed by atoms with Gasteiger partial charge in [-0.1, -0.05) is 11.3 Å². The van der Waals surface area contributed by atoms with E-state index in [-0.39, 0.29) is 17.9 Å². The van der Waals surface area contributed by atoms with Crippen LogP contribution in [-0.4, -0.2) is 40.7 Å². The van der Waals surface area contributed by atoms with Crippen molar-refractivity contribution in [1.82, 2.24) is 9.88 Å². The number of hydrogen-bond acceptors (Lipinski definition) is 6. The molecule has 2 rings (SSSR count). The van der Waals surface area contributed by atoms with Crippen LogP contribution in [0.2, 0.25) is 0 Å². The average Bonchev–Trinajstić information content (AvgIpc) is 2.92. The van der Waals surface area contributed by atoms with Gasteiger partial charge in [-0.05, 0) is 19.1 Å². The number of urea groups is 1. The minimum absolute atomic E-state index is 0.141. The van der Waals surface area contributed by atoms with Crippen molar-refractivity contribution in [1.29, 1.82) is 5.26 Å². The summed E-state index contributed by atoms with van der Waals surface area (Å²) in [7, 11) is 1.54. The van der Waals surface area contributed by atoms with Crippen molar-refractivity contribution in [2.75, 3.05) is 18.9 Å². The number of aliphatic hydroxyl groups is 1. The van der Waals surface area contributed by atoms with E-state index < -0.39 is 18.0 Å². The minimum atomic E-state index is -0.641. The molecule has 0 saturated carbocycles. The van der Waals surface area contributed by atoms with Crippen molar-refractivity contribution in [3.63, 3.8) is 0 Å². The Morgan fingerprint density at radius 1 is 1.58 bits per heavy atom. The number of nitriles is 1. The van der Waals surface area contributed by atoms with Crippen LogP contribution in [0.15, 0.2) is 24.4 Å². The van der Waals surface area contributed by atoms with Crippen LogP contribution in [0, 0.1) is 17.1 Å². The molecular weight excluding hydrogens is 335 g/mol. The lowest BCUT2D eigenvalue weighted by atomic mass is 10.2. The molecular formula is C15H15FN4O3S. The highest BCUT2D eigenvalue weighted by Gasteiger charge is 2.13. The molecule has 1 aromatic carbocycles. The first-order valence-corrected chi connectivity index (χ1v) is 7.73. The standard InChI is InChI=1S/C15H15FN4O3S/c1-9(21)8-20(2)15(22)19-14-18-7-13(24-14)23-12-4-10(6-17)3-11(16)5-12/h3-5,7,9,21H,8H2,1-2H3,(H,18,19,22)/t9-/m0/s1. The molecule has 0 aliphatic rings. The summed E-state index contributed by atoms with van der Waals surface area (Å²) in [6.45, 7) is 1.76. The molecule has 7 nitrogen and oxygen atoms in total. The lowest BCUT2D eigenvalue weighted by molar-refractivity contribution is 0.149. The number of anilines is 1. The van der Waals surface area contributed by atoms with E-state index in [0.717, 1.165) is 23.5 Å². The fraction of sp³-hybridized carbons (Fsp3) is 0.267. The molecule has 2 aromatic rings. The van der Waals surface area contributed by atoms with Gasteiger partial charge in [0.1, 0.15) is 11.6 Å². The zero-order valence-electron chi connectivity index (χ0n) is 13.0. The van der Waals surface area contributed by atoms with E-state index in [1.54, 1.807) is 14.0 Å². The van der Waals surface area contributed by atoms with Gasteiger partial charge in [-0.3, -0.25) is 5.32 Å². The first kappa shape index (κ1) is 17.7. The van der Waals surface area contributed by atoms with E-state index in [4.69, 9.17) is 10.00 Å². The highest BCUT2D eigenvalue weighted by molar-refractivity contribution is 7.17. The predicted octanol–water partition coefficient (Wildman–Crippen LogP) is 2.79. The molecule has 0 saturated heterocycles. The highest BCUT2D eigenvalue weighted by atomic mass is 32.1. The second kappa shape index (κ2) is 7.72. The summed E-state index contributed by atoms with van der Waals surface area (Å²) in [6, 6.07) is 5.06. The number of hydrogen-bond donors (Lipinski definition) is 2. The second-order valence-electron chi connectivity index (χ2n) is 5.03. The van der Waals surface area contributed by atoms with Gasteiger partial charge in [0.15, 0.2) is 5.13 Å². The van der Waals surface area contributed by atoms with Gasteiger partial charge in [0.25, 0.3) is 0 Å². The van der Waals surface area contributed by atoms with E-state index in [1.807, 2.05) is 6.07 Å². The number of nitrogens with one attached hydrogen (secondary N) is 1. The predicted molar refractivity (Wildman–Crippen MR) is 86.6 cm³/mol. The number of halogens is 1. The molecule has 1 atom stereocenters. The second-order valence-corrected chi connectivity index (χ2v) is 6.03. The number of nitrogens with zero attached hydrogens (tertiary/aromatic N) is 3. The largest absolute Gasteiger partial charge is 0.445 e. The van der Waals surface area contributed by atoms with Crippen molar-refractivity contribution in [3.8, 4) is 16.9 Å². The fourth-order valence-electron chi connectivity index (χ4n) is 1.83. The van der Waals surface area contributed by atoms with E-state index >= 15 is 0 Å². The third-order valence-electron chi connectivity index (χ3n) is 2.80. The number of carbonyl (C=O) groups is 1. The fourth-order valence-corrected chi connectivity index (χ4v) is 2.51. The van der Waals surface area contributed by atoms with Gasteiger partial charge in [0.05, 0.1) is 23.9 Å². The molecule has 0 radical (unpaired) electrons. The number of benzene rings is 1. The summed E-state index contributed by atoms with van der Waals surface area (Å²) in [5.41, 5.74) is 0.141. The molecule has 126 valence electrons. The SMILES string of the molecule is C[C@H](O)CN(C)C(=O)Nc1ncc(Oc2cc(F)cc(C#N)c2)s1. The van der Waals surface area contributed by atoms with Crippen LogP contribution in [0.25, 0.3) is 0 Å². The van der Waals surface area contributed by atoms with E-state index in [0.29, 0.717) is 10.2 Å². The van der Waals surface area contributed by atoms with Crippen LogP contribution < -0.4 is 10.1 Å². The van der Waals surface area contributed by atoms with Crippen molar-refractivity contribution in [3.05, 3.63) is 35.8 Å². The van der Waals surface area contributed by atoms with Gasteiger partial charge in [-0.25, -0.2) is 14.2 Å². The van der Waals surface area contributed by atoms with Gasteiger partial charge >= 0.3 is 6.03 Å². The Labute approximate surface area is 141 Å². The molecule has 0 spiro atoms. The highest BCUT2D eigenvalue weighted by Crippen LogP contribution is 2.31. The molecule has 0 aliphatic heterocycles. The topological polar surface area (TPSA) is 98.5 Å². The van der Waals surface area contributed by atoms with Crippen LogP contribution in [0.3, 0.4) is 0 Å². The lowest BCUT2D eigenvalue weighted by Gasteiger charge is -2.18. The Hall–Kier alpha value is -2.70. The van der Waals surface area contributed by atoms with Crippen LogP contribution in [0.5, 0.6) is 10.8 Å². The molecule has 0 fully saturated rings. The lowest BCUT2D eigenvalue weighted by Crippen LogP contribution is -2.36. The van der Waals surface area contributed by atoms with Gasteiger partial charge < -0.3 is 14.7 Å². The monoisotopic (exact) mass is 350 g/mol. The maximum atomic E-state index is 13.4. The Kier molecular flexibility index (Phi) is 5.68. The number of carbonyl (C=O) groups excluding carboxylic acids is 1. The van der Waals surface area contributed by atoms with Crippen molar-refractivity contribution in [2.24, 2.45) is 0 Å². The molecule has 0 unspecified atom stereocenters. The number of likely N-dealkylation sites (N-methyl/N-ethyl adjacent to an activating group) is 1. The normalized spacial score (nSPS) is 11.5. The summed E-state index contributed by atoms with van der Waals surface area (Å²) in [4.78, 5) is 17.2. The third kappa shape index (κ3) is 4.91. The third-order valence-corrected chi connectivity index (χ3v) is 3.59. The molecule has 0 bridgehead atoms. The number of aliphatic hydroxyl groups excluding tert-OH is 1. The summed E-state index contributed by atoms with van der Waals surface area (Å²) in [6.07, 6.45) is 0.740. The molecule has 1 heterocycles. The molecule has 2 amide bonds. The first-order chi connectivity index (χ1) is 11.4. The first-order valence-electron chi connectivity index (χ1n) is 6.92. The van der Waals surface area contributed by atoms with Crippen molar-refractivity contribution < 1.29 is 19.0 Å². The number of rotatable bonds is 5. The Morgan fingerprint density at radius 3 is 3.00 bits per heavy atom. The van der Waals surface area contributed by atoms with Crippen LogP contribution >= 0.6 is 11.3 Å². The number of aromatic nitrogens is 1. The summed E-state index contributed by atoms with van der Waals surface area (Å²) in [5, 5.41) is 21.3. The summed E-state index contributed by atoms with van der Waals surface area (Å²) in [5.74, 6) is -0.416. The Balaban J connectivity index is 2.02. The molecule has 1 aromatic heterocycles. The van der Waals surface area contributed by atoms with Crippen LogP contribution in [0.1, 0.15) is 12.5 Å². The number of ether oxygens (including phenoxy) is 1. The van der Waals surface area contributed by atoms with Gasteiger partial charge in [0.2, 0.25) is 5.06 Å². The zero-order valence-corrected chi connectivity index (χ0v) is 13.8. The molecule has 9 heteroatoms. The summed E-state index contributed by atoms with van der Waals surface area (Å²) < 4.78 is 18.8. The van der Waals surface area contributed by atoms with Gasteiger partial charge in [-0.2, -0.15) is 5.26 Å². The smallest absolute Gasteiger partial charge is 0.323 e. The zero-order chi connectivity index (χ0) is 17.7. The summed E-state index contributed by atoms with van der Waals surface area (Å²) >= 11 is 1.05. The molecule has 0 aliphatic carbocycles. The minimum Gasteiger partial charge on any atom is -0.445 e. The van der Waals surface area contributed by atoms with Crippen LogP contribution in [-0.2, 0) is 0 Å². The van der Waals surface area contributed by atoms with Crippen molar-refractivity contribution in [2.45, 2.75) is 13.0 Å². The van der Waals surface area contributed by atoms with E-state index in [1.165, 1.54) is 17.2 Å². The van der Waals surface area contributed by atoms with Crippen LogP contribution in [0.4, 0.5) is 14.3 Å². The number of amides is 2. The quantitative estimate of drug-likeness (QED) is 0.864. The van der Waals surface area contributed by atoms with Crippen molar-refractivity contribution >= 4 is 22.5 Å². The molecule has 24 heavy (non-hydrogen) atoms. The Bertz CT molecular complexity index is 772. The van der Waals surface area contributed by atoms with E-state index in [2.05, 4.69) is 10.3 Å². The maximum absolute atomic E-state index is 13.4.